The van der Waals surface area contributed by atoms with Gasteiger partial charge in [-0.2, -0.15) is 0 Å². The molecule has 2 aliphatic rings. The van der Waals surface area contributed by atoms with Crippen LogP contribution in [-0.2, 0) is 6.54 Å². The highest BCUT2D eigenvalue weighted by atomic mass is 32.1. The topological polar surface area (TPSA) is 84.8 Å². The summed E-state index contributed by atoms with van der Waals surface area (Å²) >= 11 is 1.66. The number of hydrogen-bond acceptors (Lipinski definition) is 7. The highest BCUT2D eigenvalue weighted by Crippen LogP contribution is 2.36. The van der Waals surface area contributed by atoms with Crippen LogP contribution in [0.3, 0.4) is 0 Å². The van der Waals surface area contributed by atoms with E-state index in [1.54, 1.807) is 17.7 Å². The number of carbonyl (C=O) groups is 1. The average molecular weight is 543 g/mol. The smallest absolute Gasteiger partial charge is 0.320 e. The molecule has 0 aliphatic carbocycles. The van der Waals surface area contributed by atoms with Crippen LogP contribution in [0.2, 0.25) is 0 Å². The number of thiophene rings is 1. The molecule has 202 valence electrons. The molecule has 2 amide bonds. The molecule has 4 aromatic rings. The Morgan fingerprint density at radius 2 is 1.64 bits per heavy atom. The van der Waals surface area contributed by atoms with Crippen molar-refractivity contribution >= 4 is 33.4 Å². The average Bonchev–Trinajstić information content (AvgIpc) is 3.68. The predicted octanol–water partition coefficient (Wildman–Crippen LogP) is 4.84. The van der Waals surface area contributed by atoms with E-state index in [0.717, 1.165) is 90.7 Å². The quantitative estimate of drug-likeness (QED) is 0.348. The Hall–Kier alpha value is -3.53. The molecule has 6 rings (SSSR count). The van der Waals surface area contributed by atoms with Crippen LogP contribution in [0.4, 0.5) is 10.6 Å². The molecule has 0 saturated carbocycles. The van der Waals surface area contributed by atoms with Gasteiger partial charge in [-0.25, -0.2) is 14.8 Å². The van der Waals surface area contributed by atoms with Gasteiger partial charge in [-0.05, 0) is 35.6 Å². The van der Waals surface area contributed by atoms with Crippen molar-refractivity contribution in [2.24, 2.45) is 0 Å². The Kier molecular flexibility index (Phi) is 7.71. The van der Waals surface area contributed by atoms with E-state index in [1.807, 2.05) is 40.1 Å². The molecule has 2 saturated heterocycles. The molecule has 0 spiro atoms. The minimum Gasteiger partial charge on any atom is -0.394 e. The number of aliphatic hydroxyl groups is 1. The van der Waals surface area contributed by atoms with Gasteiger partial charge in [-0.15, -0.1) is 11.3 Å². The van der Waals surface area contributed by atoms with Crippen molar-refractivity contribution in [3.05, 3.63) is 78.1 Å². The first-order chi connectivity index (χ1) is 19.2. The van der Waals surface area contributed by atoms with Crippen LogP contribution in [-0.4, -0.2) is 81.7 Å². The van der Waals surface area contributed by atoms with Crippen molar-refractivity contribution in [3.8, 4) is 10.4 Å². The summed E-state index contributed by atoms with van der Waals surface area (Å²) in [5, 5.41) is 13.4. The summed E-state index contributed by atoms with van der Waals surface area (Å²) in [6.45, 7) is 6.09. The van der Waals surface area contributed by atoms with Crippen molar-refractivity contribution in [1.29, 1.82) is 0 Å². The molecular formula is C30H34N6O2S. The Balaban J connectivity index is 1.10. The number of urea groups is 1. The van der Waals surface area contributed by atoms with Gasteiger partial charge in [0, 0.05) is 50.7 Å². The van der Waals surface area contributed by atoms with Crippen LogP contribution >= 0.6 is 11.3 Å². The Morgan fingerprint density at radius 1 is 0.923 bits per heavy atom. The minimum absolute atomic E-state index is 0.0288. The third-order valence-corrected chi connectivity index (χ3v) is 8.85. The molecule has 9 heteroatoms. The third-order valence-electron chi connectivity index (χ3n) is 7.67. The number of piperazine rings is 1. The lowest BCUT2D eigenvalue weighted by Crippen LogP contribution is -2.52. The summed E-state index contributed by atoms with van der Waals surface area (Å²) in [5.74, 6) is 0.734. The molecular weight excluding hydrogens is 508 g/mol. The maximum Gasteiger partial charge on any atom is 0.320 e. The molecule has 0 unspecified atom stereocenters. The fourth-order valence-corrected chi connectivity index (χ4v) is 6.49. The fraction of sp³-hybridized carbons (Fsp3) is 0.367. The van der Waals surface area contributed by atoms with E-state index in [0.29, 0.717) is 0 Å². The van der Waals surface area contributed by atoms with E-state index in [-0.39, 0.29) is 18.7 Å². The summed E-state index contributed by atoms with van der Waals surface area (Å²) in [6.07, 6.45) is 3.84. The van der Waals surface area contributed by atoms with E-state index in [2.05, 4.69) is 50.5 Å². The van der Waals surface area contributed by atoms with Gasteiger partial charge in [0.2, 0.25) is 0 Å². The van der Waals surface area contributed by atoms with Crippen LogP contribution in [0.25, 0.3) is 20.7 Å². The van der Waals surface area contributed by atoms with Gasteiger partial charge in [-0.3, -0.25) is 4.90 Å². The van der Waals surface area contributed by atoms with Crippen LogP contribution in [0.1, 0.15) is 30.0 Å². The number of anilines is 1. The number of hydrogen-bond donors (Lipinski definition) is 2. The Morgan fingerprint density at radius 3 is 2.36 bits per heavy atom. The molecule has 0 radical (unpaired) electrons. The third kappa shape index (κ3) is 5.75. The molecule has 4 heterocycles. The van der Waals surface area contributed by atoms with Crippen LogP contribution < -0.4 is 5.32 Å². The van der Waals surface area contributed by atoms with Crippen LogP contribution in [0.5, 0.6) is 0 Å². The van der Waals surface area contributed by atoms with Gasteiger partial charge in [0.25, 0.3) is 0 Å². The maximum absolute atomic E-state index is 12.7. The number of nitrogens with zero attached hydrogens (tertiary/aromatic N) is 5. The second kappa shape index (κ2) is 11.7. The number of fused-ring (bicyclic) bond motifs is 1. The van der Waals surface area contributed by atoms with E-state index >= 15 is 0 Å². The van der Waals surface area contributed by atoms with Crippen LogP contribution in [0, 0.1) is 0 Å². The zero-order chi connectivity index (χ0) is 26.6. The predicted molar refractivity (Wildman–Crippen MR) is 156 cm³/mol. The number of rotatable bonds is 7. The number of carbonyl (C=O) groups excluding carboxylic acids is 1. The molecule has 2 aromatic heterocycles. The summed E-state index contributed by atoms with van der Waals surface area (Å²) < 4.78 is 0.979. The Labute approximate surface area is 232 Å². The van der Waals surface area contributed by atoms with E-state index in [4.69, 9.17) is 0 Å². The SMILES string of the molecule is O=C(N1CCCC1)N1CCN(Cc2ccc(-c3cc4ncnc(N[C@H](CO)c5ccccc5)c4s3)cc2)CC1. The van der Waals surface area contributed by atoms with Gasteiger partial charge in [0.05, 0.1) is 22.9 Å². The van der Waals surface area contributed by atoms with Gasteiger partial charge in [0.15, 0.2) is 0 Å². The number of nitrogens with one attached hydrogen (secondary N) is 1. The first-order valence-corrected chi connectivity index (χ1v) is 14.5. The number of aliphatic hydroxyl groups excluding tert-OH is 1. The molecule has 0 bridgehead atoms. The first-order valence-electron chi connectivity index (χ1n) is 13.7. The lowest BCUT2D eigenvalue weighted by atomic mass is 10.1. The number of benzene rings is 2. The van der Waals surface area contributed by atoms with Crippen molar-refractivity contribution in [2.45, 2.75) is 25.4 Å². The molecule has 2 N–H and O–H groups in total. The van der Waals surface area contributed by atoms with Crippen LogP contribution in [0.15, 0.2) is 67.0 Å². The molecule has 2 aliphatic heterocycles. The minimum atomic E-state index is -0.241. The molecule has 2 fully saturated rings. The maximum atomic E-state index is 12.7. The van der Waals surface area contributed by atoms with Crippen molar-refractivity contribution in [2.75, 3.05) is 51.2 Å². The second-order valence-electron chi connectivity index (χ2n) is 10.3. The molecule has 8 nitrogen and oxygen atoms in total. The molecule has 39 heavy (non-hydrogen) atoms. The summed E-state index contributed by atoms with van der Waals surface area (Å²) in [6, 6.07) is 20.7. The number of aromatic nitrogens is 2. The fourth-order valence-electron chi connectivity index (χ4n) is 5.42. The largest absolute Gasteiger partial charge is 0.394 e. The van der Waals surface area contributed by atoms with Gasteiger partial charge < -0.3 is 20.2 Å². The lowest BCUT2D eigenvalue weighted by Gasteiger charge is -2.36. The van der Waals surface area contributed by atoms with Crippen molar-refractivity contribution in [3.63, 3.8) is 0 Å². The monoisotopic (exact) mass is 542 g/mol. The highest BCUT2D eigenvalue weighted by Gasteiger charge is 2.26. The molecule has 1 atom stereocenters. The summed E-state index contributed by atoms with van der Waals surface area (Å²) in [7, 11) is 0. The van der Waals surface area contributed by atoms with Gasteiger partial charge in [0.1, 0.15) is 12.1 Å². The second-order valence-corrected chi connectivity index (χ2v) is 11.3. The lowest BCUT2D eigenvalue weighted by molar-refractivity contribution is 0.115. The van der Waals surface area contributed by atoms with Crippen molar-refractivity contribution < 1.29 is 9.90 Å². The first kappa shape index (κ1) is 25.7. The number of amides is 2. The normalized spacial score (nSPS) is 17.1. The van der Waals surface area contributed by atoms with Crippen molar-refractivity contribution in [1.82, 2.24) is 24.7 Å². The summed E-state index contributed by atoms with van der Waals surface area (Å²) in [4.78, 5) is 29.2. The Bertz CT molecular complexity index is 1400. The zero-order valence-electron chi connectivity index (χ0n) is 22.0. The van der Waals surface area contributed by atoms with E-state index < -0.39 is 0 Å². The van der Waals surface area contributed by atoms with Gasteiger partial charge >= 0.3 is 6.03 Å². The molecule has 2 aromatic carbocycles. The van der Waals surface area contributed by atoms with E-state index in [1.165, 1.54) is 5.56 Å². The highest BCUT2D eigenvalue weighted by molar-refractivity contribution is 7.22. The standard InChI is InChI=1S/C30H34N6O2S/c37-20-26(23-6-2-1-3-7-23)33-29-28-25(31-21-32-29)18-27(39-28)24-10-8-22(9-11-24)19-34-14-16-36(17-15-34)30(38)35-12-4-5-13-35/h1-3,6-11,18,21,26,37H,4-5,12-17,19-20H2,(H,31,32,33)/t26-/m1/s1. The van der Waals surface area contributed by atoms with Gasteiger partial charge in [-0.1, -0.05) is 54.6 Å². The zero-order valence-corrected chi connectivity index (χ0v) is 22.8. The summed E-state index contributed by atoms with van der Waals surface area (Å²) in [5.41, 5.74) is 4.33. The number of likely N-dealkylation sites (tertiary alicyclic amines) is 1. The van der Waals surface area contributed by atoms with E-state index in [9.17, 15) is 9.90 Å².